The van der Waals surface area contributed by atoms with E-state index in [0.29, 0.717) is 6.04 Å². The van der Waals surface area contributed by atoms with Gasteiger partial charge in [0.05, 0.1) is 0 Å². The van der Waals surface area contributed by atoms with Crippen LogP contribution >= 0.6 is 11.8 Å². The predicted octanol–water partition coefficient (Wildman–Crippen LogP) is 4.84. The summed E-state index contributed by atoms with van der Waals surface area (Å²) in [6.07, 6.45) is 11.0. The van der Waals surface area contributed by atoms with Gasteiger partial charge in [0, 0.05) is 18.3 Å². The van der Waals surface area contributed by atoms with Gasteiger partial charge in [-0.25, -0.2) is 0 Å². The Balaban J connectivity index is 1.95. The first-order chi connectivity index (χ1) is 9.24. The second kappa shape index (κ2) is 10.6. The lowest BCUT2D eigenvalue weighted by molar-refractivity contribution is 0.489. The Bertz CT molecular complexity index is 253. The van der Waals surface area contributed by atoms with Crippen LogP contribution in [-0.4, -0.2) is 23.5 Å². The molecule has 0 aromatic carbocycles. The van der Waals surface area contributed by atoms with Crippen molar-refractivity contribution in [1.82, 2.24) is 5.32 Å². The predicted molar refractivity (Wildman–Crippen MR) is 89.1 cm³/mol. The minimum Gasteiger partial charge on any atom is -0.362 e. The smallest absolute Gasteiger partial charge is 0.156 e. The number of nitrogens with zero attached hydrogens (tertiary/aromatic N) is 1. The Hall–Kier alpha value is -0.180. The van der Waals surface area contributed by atoms with Gasteiger partial charge in [-0.3, -0.25) is 4.99 Å². The fourth-order valence-electron chi connectivity index (χ4n) is 2.25. The number of hydrogen-bond donors (Lipinski definition) is 1. The fourth-order valence-corrected chi connectivity index (χ4v) is 3.41. The van der Waals surface area contributed by atoms with Crippen LogP contribution in [0.4, 0.5) is 0 Å². The van der Waals surface area contributed by atoms with Crippen LogP contribution in [0.3, 0.4) is 0 Å². The van der Waals surface area contributed by atoms with Crippen LogP contribution < -0.4 is 5.32 Å². The molecule has 0 aliphatic carbocycles. The molecule has 0 bridgehead atoms. The van der Waals surface area contributed by atoms with Gasteiger partial charge in [-0.05, 0) is 19.3 Å². The first kappa shape index (κ1) is 16.9. The lowest BCUT2D eigenvalue weighted by Crippen LogP contribution is -2.41. The van der Waals surface area contributed by atoms with Gasteiger partial charge in [0.15, 0.2) is 5.17 Å². The number of amidine groups is 1. The molecule has 1 aliphatic rings. The van der Waals surface area contributed by atoms with E-state index in [2.05, 4.69) is 31.1 Å². The van der Waals surface area contributed by atoms with Crippen molar-refractivity contribution in [3.63, 3.8) is 0 Å². The van der Waals surface area contributed by atoms with E-state index in [-0.39, 0.29) is 0 Å². The first-order valence-electron chi connectivity index (χ1n) is 8.17. The molecular formula is C16H32N2S. The zero-order valence-corrected chi connectivity index (χ0v) is 13.9. The summed E-state index contributed by atoms with van der Waals surface area (Å²) in [5.41, 5.74) is 0. The first-order valence-corrected chi connectivity index (χ1v) is 9.16. The average Bonchev–Trinajstić information content (AvgIpc) is 2.41. The van der Waals surface area contributed by atoms with E-state index in [1.54, 1.807) is 0 Å². The molecule has 1 saturated heterocycles. The molecule has 19 heavy (non-hydrogen) atoms. The van der Waals surface area contributed by atoms with Gasteiger partial charge in [-0.1, -0.05) is 70.6 Å². The van der Waals surface area contributed by atoms with E-state index in [0.717, 1.165) is 12.5 Å². The van der Waals surface area contributed by atoms with Gasteiger partial charge in [0.25, 0.3) is 0 Å². The van der Waals surface area contributed by atoms with Crippen LogP contribution in [0.2, 0.25) is 0 Å². The molecule has 0 spiro atoms. The van der Waals surface area contributed by atoms with Crippen LogP contribution in [0.25, 0.3) is 0 Å². The van der Waals surface area contributed by atoms with Crippen molar-refractivity contribution in [2.24, 2.45) is 10.9 Å². The summed E-state index contributed by atoms with van der Waals surface area (Å²) in [7, 11) is 0. The molecule has 0 aromatic rings. The van der Waals surface area contributed by atoms with Gasteiger partial charge in [0.1, 0.15) is 0 Å². The number of unbranched alkanes of at least 4 members (excludes halogenated alkanes) is 7. The van der Waals surface area contributed by atoms with E-state index >= 15 is 0 Å². The van der Waals surface area contributed by atoms with E-state index in [1.165, 1.54) is 62.3 Å². The summed E-state index contributed by atoms with van der Waals surface area (Å²) in [5.74, 6) is 1.97. The Kier molecular flexibility index (Phi) is 9.40. The van der Waals surface area contributed by atoms with Crippen LogP contribution in [0.15, 0.2) is 4.99 Å². The second-order valence-corrected chi connectivity index (χ2v) is 6.89. The number of aliphatic imine (C=N–C) groups is 1. The third-order valence-electron chi connectivity index (χ3n) is 3.95. The molecule has 112 valence electrons. The molecule has 0 saturated carbocycles. The van der Waals surface area contributed by atoms with Crippen molar-refractivity contribution in [2.75, 3.05) is 12.3 Å². The number of thioether (sulfide) groups is 1. The largest absolute Gasteiger partial charge is 0.362 e. The maximum Gasteiger partial charge on any atom is 0.156 e. The topological polar surface area (TPSA) is 24.4 Å². The second-order valence-electron chi connectivity index (χ2n) is 5.88. The zero-order chi connectivity index (χ0) is 13.9. The molecule has 2 nitrogen and oxygen atoms in total. The summed E-state index contributed by atoms with van der Waals surface area (Å²) >= 11 is 1.89. The van der Waals surface area contributed by atoms with E-state index in [1.807, 2.05) is 11.8 Å². The number of hydrogen-bond acceptors (Lipinski definition) is 2. The summed E-state index contributed by atoms with van der Waals surface area (Å²) in [6.45, 7) is 7.85. The molecular weight excluding hydrogens is 252 g/mol. The monoisotopic (exact) mass is 284 g/mol. The Labute approximate surface area is 124 Å². The molecule has 1 fully saturated rings. The Morgan fingerprint density at radius 1 is 1.05 bits per heavy atom. The molecule has 0 aromatic heterocycles. The van der Waals surface area contributed by atoms with Gasteiger partial charge in [0.2, 0.25) is 0 Å². The average molecular weight is 285 g/mol. The number of nitrogens with one attached hydrogen (secondary N) is 1. The molecule has 1 aliphatic heterocycles. The summed E-state index contributed by atoms with van der Waals surface area (Å²) < 4.78 is 0. The van der Waals surface area contributed by atoms with Crippen molar-refractivity contribution in [2.45, 2.75) is 78.2 Å². The van der Waals surface area contributed by atoms with Crippen LogP contribution in [0, 0.1) is 5.92 Å². The van der Waals surface area contributed by atoms with E-state index < -0.39 is 0 Å². The zero-order valence-electron chi connectivity index (χ0n) is 13.1. The van der Waals surface area contributed by atoms with Gasteiger partial charge < -0.3 is 5.32 Å². The normalized spacial score (nSPS) is 25.5. The summed E-state index contributed by atoms with van der Waals surface area (Å²) in [5, 5.41) is 4.68. The highest BCUT2D eigenvalue weighted by Crippen LogP contribution is 2.19. The van der Waals surface area contributed by atoms with Gasteiger partial charge >= 0.3 is 0 Å². The van der Waals surface area contributed by atoms with Crippen molar-refractivity contribution < 1.29 is 0 Å². The van der Waals surface area contributed by atoms with E-state index in [4.69, 9.17) is 0 Å². The molecule has 1 rings (SSSR count). The fraction of sp³-hybridized carbons (Fsp3) is 0.938. The highest BCUT2D eigenvalue weighted by Gasteiger charge is 2.20. The Morgan fingerprint density at radius 2 is 1.68 bits per heavy atom. The van der Waals surface area contributed by atoms with Gasteiger partial charge in [-0.2, -0.15) is 0 Å². The highest BCUT2D eigenvalue weighted by atomic mass is 32.2. The van der Waals surface area contributed by atoms with Crippen LogP contribution in [0.5, 0.6) is 0 Å². The maximum absolute atomic E-state index is 4.68. The molecule has 0 amide bonds. The molecule has 2 unspecified atom stereocenters. The molecule has 0 radical (unpaired) electrons. The lowest BCUT2D eigenvalue weighted by atomic mass is 10.1. The Morgan fingerprint density at radius 3 is 2.32 bits per heavy atom. The molecule has 1 N–H and O–H groups in total. The molecule has 1 heterocycles. The quantitative estimate of drug-likeness (QED) is 0.612. The van der Waals surface area contributed by atoms with E-state index in [9.17, 15) is 0 Å². The standard InChI is InChI=1S/C16H32N2S/c1-4-5-6-7-8-9-10-11-12-17-16-18-15(3)14(2)13-19-16/h14-15H,4-13H2,1-3H3,(H,17,18). The van der Waals surface area contributed by atoms with Crippen molar-refractivity contribution >= 4 is 16.9 Å². The lowest BCUT2D eigenvalue weighted by Gasteiger charge is -2.28. The highest BCUT2D eigenvalue weighted by molar-refractivity contribution is 8.13. The number of rotatable bonds is 9. The van der Waals surface area contributed by atoms with Crippen LogP contribution in [-0.2, 0) is 0 Å². The van der Waals surface area contributed by atoms with Gasteiger partial charge in [-0.15, -0.1) is 0 Å². The van der Waals surface area contributed by atoms with Crippen LogP contribution in [0.1, 0.15) is 72.1 Å². The third-order valence-corrected chi connectivity index (χ3v) is 5.17. The minimum absolute atomic E-state index is 0.582. The summed E-state index contributed by atoms with van der Waals surface area (Å²) in [4.78, 5) is 4.68. The maximum atomic E-state index is 4.68. The van der Waals surface area contributed by atoms with Crippen molar-refractivity contribution in [3.8, 4) is 0 Å². The van der Waals surface area contributed by atoms with Crippen molar-refractivity contribution in [1.29, 1.82) is 0 Å². The third kappa shape index (κ3) is 7.86. The SMILES string of the molecule is CCCCCCCCCCN=C1NC(C)C(C)CS1. The summed E-state index contributed by atoms with van der Waals surface area (Å²) in [6, 6.07) is 0.582. The molecule has 3 heteroatoms. The minimum atomic E-state index is 0.582. The van der Waals surface area contributed by atoms with Crippen molar-refractivity contribution in [3.05, 3.63) is 0 Å². The molecule has 2 atom stereocenters.